The lowest BCUT2D eigenvalue weighted by molar-refractivity contribution is -0.360. The van der Waals surface area contributed by atoms with Crippen LogP contribution in [0.1, 0.15) is 265 Å². The first-order valence-corrected chi connectivity index (χ1v) is 37.0. The first-order valence-electron chi connectivity index (χ1n) is 35.5. The van der Waals surface area contributed by atoms with Crippen LogP contribution in [0.3, 0.4) is 0 Å². The fraction of sp³-hybridized carbons (Fsp3) is 0.925. The molecule has 0 bridgehead atoms. The van der Waals surface area contributed by atoms with Crippen LogP contribution in [0.25, 0.3) is 0 Å². The van der Waals surface area contributed by atoms with Gasteiger partial charge in [-0.05, 0) is 44.9 Å². The van der Waals surface area contributed by atoms with Crippen molar-refractivity contribution in [2.75, 3.05) is 26.4 Å². The van der Waals surface area contributed by atoms with Crippen LogP contribution in [0.5, 0.6) is 0 Å². The van der Waals surface area contributed by atoms with Crippen LogP contribution < -0.4 is 0 Å². The number of hydrogen-bond donors (Lipinski definition) is 11. The average Bonchev–Trinajstić information content (AvgIpc) is 0.775. The molecule has 92 heavy (non-hydrogen) atoms. The lowest BCUT2D eigenvalue weighted by Gasteiger charge is -2.49. The van der Waals surface area contributed by atoms with E-state index in [0.29, 0.717) is 19.3 Å². The van der Waals surface area contributed by atoms with Gasteiger partial charge in [-0.25, -0.2) is 4.57 Å². The molecule has 18 atom stereocenters. The van der Waals surface area contributed by atoms with Crippen LogP contribution in [0.4, 0.5) is 0 Å². The molecule has 0 radical (unpaired) electrons. The van der Waals surface area contributed by atoms with Crippen molar-refractivity contribution in [3.63, 3.8) is 0 Å². The molecule has 0 aromatic heterocycles. The minimum Gasteiger partial charge on any atom is -0.463 e. The van der Waals surface area contributed by atoms with E-state index in [1.54, 1.807) is 0 Å². The van der Waals surface area contributed by atoms with Gasteiger partial charge in [0, 0.05) is 19.3 Å². The van der Waals surface area contributed by atoms with Crippen molar-refractivity contribution in [1.82, 2.24) is 0 Å². The predicted molar refractivity (Wildman–Crippen MR) is 342 cm³/mol. The van der Waals surface area contributed by atoms with Crippen molar-refractivity contribution >= 4 is 25.7 Å². The van der Waals surface area contributed by atoms with Gasteiger partial charge in [-0.3, -0.25) is 23.4 Å². The van der Waals surface area contributed by atoms with E-state index in [4.69, 9.17) is 42.2 Å². The number of rotatable bonds is 54. The second kappa shape index (κ2) is 50.1. The standard InChI is InChI=1S/C67H123O24P/c1-4-7-10-13-16-19-22-24-25-28-30-33-36-39-42-52(70)84-47-50-55(73)57(75)62(80)67(88-50)90-64-60(78)58(76)59(77)63(89-66-61(79)56(74)54(72)49(44-68)87-66)65(64)91-92(81,82)85-46-48(86-53(71)43-40-37-34-31-26-21-18-15-12-9-6-3)45-83-51(69)41-38-35-32-29-27-23-20-17-14-11-8-5-2/h25,28,48-50,54-68,72-80H,4-24,26-27,29-47H2,1-3H3,(H,81,82)/b28-25-. The van der Waals surface area contributed by atoms with E-state index in [1.165, 1.54) is 109 Å². The van der Waals surface area contributed by atoms with Gasteiger partial charge in [0.25, 0.3) is 0 Å². The number of phosphoric acid groups is 1. The lowest BCUT2D eigenvalue weighted by atomic mass is 9.84. The Kier molecular flexibility index (Phi) is 45.7. The van der Waals surface area contributed by atoms with E-state index in [-0.39, 0.29) is 19.3 Å². The smallest absolute Gasteiger partial charge is 0.463 e. The number of phosphoric ester groups is 1. The van der Waals surface area contributed by atoms with Crippen LogP contribution in [0.15, 0.2) is 12.2 Å². The third kappa shape index (κ3) is 33.8. The van der Waals surface area contributed by atoms with E-state index in [1.807, 2.05) is 0 Å². The van der Waals surface area contributed by atoms with Gasteiger partial charge in [0.2, 0.25) is 0 Å². The summed E-state index contributed by atoms with van der Waals surface area (Å²) >= 11 is 0. The minimum absolute atomic E-state index is 0.00949. The molecule has 0 aromatic carbocycles. The van der Waals surface area contributed by atoms with Crippen molar-refractivity contribution in [3.05, 3.63) is 12.2 Å². The molecule has 1 aliphatic carbocycles. The zero-order valence-corrected chi connectivity index (χ0v) is 56.7. The van der Waals surface area contributed by atoms with Crippen LogP contribution in [0.2, 0.25) is 0 Å². The van der Waals surface area contributed by atoms with Crippen molar-refractivity contribution in [1.29, 1.82) is 0 Å². The summed E-state index contributed by atoms with van der Waals surface area (Å²) in [5.74, 6) is -2.00. The molecule has 0 aromatic rings. The highest BCUT2D eigenvalue weighted by atomic mass is 31.2. The molecule has 3 aliphatic rings. The number of esters is 3. The Balaban J connectivity index is 1.76. The van der Waals surface area contributed by atoms with Gasteiger partial charge in [0.15, 0.2) is 18.7 Å². The summed E-state index contributed by atoms with van der Waals surface area (Å²) in [6.45, 7) is 3.39. The van der Waals surface area contributed by atoms with Crippen molar-refractivity contribution < 1.29 is 117 Å². The van der Waals surface area contributed by atoms with Gasteiger partial charge >= 0.3 is 25.7 Å². The van der Waals surface area contributed by atoms with Gasteiger partial charge < -0.3 is 89.1 Å². The number of hydrogen-bond acceptors (Lipinski definition) is 23. The van der Waals surface area contributed by atoms with E-state index >= 15 is 0 Å². The maximum Gasteiger partial charge on any atom is 0.472 e. The third-order valence-electron chi connectivity index (χ3n) is 17.5. The summed E-state index contributed by atoms with van der Waals surface area (Å²) in [7, 11) is -5.69. The zero-order valence-electron chi connectivity index (χ0n) is 55.8. The molecule has 3 fully saturated rings. The summed E-state index contributed by atoms with van der Waals surface area (Å²) in [5.41, 5.74) is 0. The highest BCUT2D eigenvalue weighted by Gasteiger charge is 2.58. The molecule has 2 aliphatic heterocycles. The maximum absolute atomic E-state index is 14.3. The molecule has 18 unspecified atom stereocenters. The van der Waals surface area contributed by atoms with Crippen LogP contribution in [-0.2, 0) is 61.2 Å². The number of unbranched alkanes of at least 4 members (excludes halogenated alkanes) is 31. The van der Waals surface area contributed by atoms with Gasteiger partial charge in [-0.2, -0.15) is 0 Å². The Labute approximate surface area is 548 Å². The summed E-state index contributed by atoms with van der Waals surface area (Å²) in [6.07, 6.45) is 6.04. The summed E-state index contributed by atoms with van der Waals surface area (Å²) < 4.78 is 64.8. The largest absolute Gasteiger partial charge is 0.472 e. The Hall–Kier alpha value is -2.30. The molecule has 1 saturated carbocycles. The summed E-state index contributed by atoms with van der Waals surface area (Å²) in [6, 6.07) is 0. The molecule has 2 heterocycles. The Morgan fingerprint density at radius 3 is 1.18 bits per heavy atom. The second-order valence-electron chi connectivity index (χ2n) is 25.6. The number of carbonyl (C=O) groups excluding carboxylic acids is 3. The van der Waals surface area contributed by atoms with Gasteiger partial charge in [-0.15, -0.1) is 0 Å². The normalized spacial score (nSPS) is 28.7. The average molecular weight is 1340 g/mol. The molecular weight excluding hydrogens is 1220 g/mol. The maximum atomic E-state index is 14.3. The molecule has 24 nitrogen and oxygen atoms in total. The molecule has 2 saturated heterocycles. The first-order chi connectivity index (χ1) is 44.3. The summed E-state index contributed by atoms with van der Waals surface area (Å²) in [4.78, 5) is 50.8. The monoisotopic (exact) mass is 1340 g/mol. The Morgan fingerprint density at radius 1 is 0.413 bits per heavy atom. The fourth-order valence-corrected chi connectivity index (χ4v) is 12.7. The van der Waals surface area contributed by atoms with Crippen molar-refractivity contribution in [3.8, 4) is 0 Å². The van der Waals surface area contributed by atoms with E-state index in [0.717, 1.165) is 96.3 Å². The number of allylic oxidation sites excluding steroid dienone is 2. The quantitative estimate of drug-likeness (QED) is 0.00894. The molecule has 11 N–H and O–H groups in total. The SMILES string of the molecule is CCCCCCCCC/C=C\CCCCCC(=O)OCC1OC(OC2C(O)C(O)C(O)C(OC3OC(CO)C(O)C(O)C3O)C2OP(=O)(O)OCC(COC(=O)CCCCCCCCCCCCCC)OC(=O)CCCCCCCCCCCCC)C(O)C(O)C1O. The second-order valence-corrected chi connectivity index (χ2v) is 27.0. The van der Waals surface area contributed by atoms with Gasteiger partial charge in [0.1, 0.15) is 98.7 Å². The zero-order chi connectivity index (χ0) is 67.5. The van der Waals surface area contributed by atoms with Crippen LogP contribution >= 0.6 is 7.82 Å². The summed E-state index contributed by atoms with van der Waals surface area (Å²) in [5, 5.41) is 110. The first kappa shape index (κ1) is 83.9. The lowest BCUT2D eigenvalue weighted by Crippen LogP contribution is -2.69. The Morgan fingerprint density at radius 2 is 0.761 bits per heavy atom. The van der Waals surface area contributed by atoms with E-state index in [2.05, 4.69) is 32.9 Å². The number of aliphatic hydroxyl groups excluding tert-OH is 10. The van der Waals surface area contributed by atoms with Gasteiger partial charge in [-0.1, -0.05) is 213 Å². The van der Waals surface area contributed by atoms with Crippen LogP contribution in [-0.4, -0.2) is 204 Å². The number of aliphatic hydroxyl groups is 10. The van der Waals surface area contributed by atoms with Gasteiger partial charge in [0.05, 0.1) is 13.2 Å². The minimum atomic E-state index is -5.69. The highest BCUT2D eigenvalue weighted by Crippen LogP contribution is 2.49. The molecule has 25 heteroatoms. The third-order valence-corrected chi connectivity index (χ3v) is 18.5. The molecule has 3 rings (SSSR count). The molecule has 0 amide bonds. The Bertz CT molecular complexity index is 1970. The predicted octanol–water partition coefficient (Wildman–Crippen LogP) is 8.40. The molecule has 0 spiro atoms. The fourth-order valence-electron chi connectivity index (χ4n) is 11.7. The topological polar surface area (TPSA) is 374 Å². The molecule has 540 valence electrons. The molecular formula is C67H123O24P. The van der Waals surface area contributed by atoms with E-state index in [9.17, 15) is 74.9 Å². The van der Waals surface area contributed by atoms with Crippen molar-refractivity contribution in [2.45, 2.75) is 369 Å². The van der Waals surface area contributed by atoms with E-state index < -0.39 is 156 Å². The number of ether oxygens (including phenoxy) is 7. The van der Waals surface area contributed by atoms with Crippen molar-refractivity contribution in [2.24, 2.45) is 0 Å². The van der Waals surface area contributed by atoms with Crippen LogP contribution in [0, 0.1) is 0 Å². The highest BCUT2D eigenvalue weighted by molar-refractivity contribution is 7.47. The number of carbonyl (C=O) groups is 3.